The smallest absolute Gasteiger partial charge is 0.200 e. The van der Waals surface area contributed by atoms with Crippen LogP contribution in [0.15, 0.2) is 52.5 Å². The Bertz CT molecular complexity index is 803. The topological polar surface area (TPSA) is 49.7 Å². The van der Waals surface area contributed by atoms with Crippen LogP contribution in [0.4, 0.5) is 0 Å². The van der Waals surface area contributed by atoms with E-state index in [4.69, 9.17) is 23.2 Å². The van der Waals surface area contributed by atoms with E-state index >= 15 is 0 Å². The zero-order chi connectivity index (χ0) is 16.3. The van der Waals surface area contributed by atoms with Gasteiger partial charge in [-0.15, -0.1) is 0 Å². The van der Waals surface area contributed by atoms with E-state index in [0.717, 1.165) is 9.98 Å². The lowest BCUT2D eigenvalue weighted by Gasteiger charge is -2.13. The van der Waals surface area contributed by atoms with E-state index in [2.05, 4.69) is 5.10 Å². The number of hydrogen-bond donors (Lipinski definition) is 0. The second-order valence-corrected chi connectivity index (χ2v) is 7.43. The van der Waals surface area contributed by atoms with E-state index in [1.54, 1.807) is 42.5 Å². The molecule has 4 nitrogen and oxygen atoms in total. The van der Waals surface area contributed by atoms with Gasteiger partial charge in [0.2, 0.25) is 0 Å². The lowest BCUT2D eigenvalue weighted by molar-refractivity contribution is 0.491. The number of hydrogen-bond acceptors (Lipinski definition) is 3. The molecule has 2 aromatic rings. The highest BCUT2D eigenvalue weighted by Gasteiger charge is 2.18. The Hall–Kier alpha value is -1.56. The fourth-order valence-electron chi connectivity index (χ4n) is 1.67. The third-order valence-corrected chi connectivity index (χ3v) is 5.38. The van der Waals surface area contributed by atoms with Gasteiger partial charge in [0.25, 0.3) is 10.0 Å². The van der Waals surface area contributed by atoms with E-state index in [0.29, 0.717) is 15.6 Å². The van der Waals surface area contributed by atoms with Crippen LogP contribution in [0.3, 0.4) is 0 Å². The first-order valence-corrected chi connectivity index (χ1v) is 8.55. The van der Waals surface area contributed by atoms with Crippen molar-refractivity contribution in [2.75, 3.05) is 7.05 Å². The standard InChI is InChI=1S/C15H14Cl2N2O2S/c1-11-3-6-13(7-4-11)22(20,21)19(2)18-10-12-5-8-14(16)15(17)9-12/h3-10H,1-2H3/b18-10+. The Kier molecular flexibility index (Phi) is 5.11. The van der Waals surface area contributed by atoms with Crippen LogP contribution in [0.5, 0.6) is 0 Å². The molecule has 2 aromatic carbocycles. The molecule has 22 heavy (non-hydrogen) atoms. The van der Waals surface area contributed by atoms with Crippen molar-refractivity contribution in [3.8, 4) is 0 Å². The second kappa shape index (κ2) is 6.69. The molecule has 0 bridgehead atoms. The lowest BCUT2D eigenvalue weighted by atomic mass is 10.2. The molecule has 0 aliphatic rings. The molecule has 0 saturated heterocycles. The first kappa shape index (κ1) is 16.8. The fourth-order valence-corrected chi connectivity index (χ4v) is 2.93. The minimum Gasteiger partial charge on any atom is -0.200 e. The van der Waals surface area contributed by atoms with Gasteiger partial charge in [0.1, 0.15) is 0 Å². The molecule has 0 aliphatic carbocycles. The number of aryl methyl sites for hydroxylation is 1. The van der Waals surface area contributed by atoms with Gasteiger partial charge in [-0.3, -0.25) is 0 Å². The van der Waals surface area contributed by atoms with Gasteiger partial charge in [0.05, 0.1) is 21.2 Å². The molecule has 2 rings (SSSR count). The van der Waals surface area contributed by atoms with Gasteiger partial charge in [-0.25, -0.2) is 0 Å². The molecule has 0 atom stereocenters. The van der Waals surface area contributed by atoms with E-state index in [1.165, 1.54) is 13.3 Å². The van der Waals surface area contributed by atoms with Gasteiger partial charge >= 0.3 is 0 Å². The van der Waals surface area contributed by atoms with Gasteiger partial charge in [0, 0.05) is 7.05 Å². The summed E-state index contributed by atoms with van der Waals surface area (Å²) in [6.45, 7) is 1.89. The summed E-state index contributed by atoms with van der Waals surface area (Å²) in [4.78, 5) is 0.187. The summed E-state index contributed by atoms with van der Waals surface area (Å²) in [7, 11) is -2.29. The average molecular weight is 357 g/mol. The van der Waals surface area contributed by atoms with Gasteiger partial charge < -0.3 is 0 Å². The van der Waals surface area contributed by atoms with Crippen LogP contribution in [0.25, 0.3) is 0 Å². The number of sulfonamides is 1. The molecule has 0 radical (unpaired) electrons. The van der Waals surface area contributed by atoms with Crippen molar-refractivity contribution in [3.05, 3.63) is 63.6 Å². The molecule has 0 fully saturated rings. The zero-order valence-corrected chi connectivity index (χ0v) is 14.3. The Morgan fingerprint density at radius 3 is 2.27 bits per heavy atom. The zero-order valence-electron chi connectivity index (χ0n) is 12.0. The van der Waals surface area contributed by atoms with Gasteiger partial charge in [0.15, 0.2) is 0 Å². The number of benzene rings is 2. The normalized spacial score (nSPS) is 11.8. The van der Waals surface area contributed by atoms with E-state index in [1.807, 2.05) is 6.92 Å². The molecule has 0 unspecified atom stereocenters. The third kappa shape index (κ3) is 3.80. The molecule has 0 N–H and O–H groups in total. The highest BCUT2D eigenvalue weighted by molar-refractivity contribution is 7.89. The maximum Gasteiger partial charge on any atom is 0.278 e. The lowest BCUT2D eigenvalue weighted by Crippen LogP contribution is -2.21. The summed E-state index contributed by atoms with van der Waals surface area (Å²) in [6.07, 6.45) is 1.41. The molecule has 0 saturated carbocycles. The second-order valence-electron chi connectivity index (χ2n) is 4.67. The minimum atomic E-state index is -3.67. The third-order valence-electron chi connectivity index (χ3n) is 2.98. The molecule has 7 heteroatoms. The predicted octanol–water partition coefficient (Wildman–Crippen LogP) is 3.96. The number of nitrogens with zero attached hydrogens (tertiary/aromatic N) is 2. The molecule has 0 heterocycles. The Balaban J connectivity index is 2.23. The summed E-state index contributed by atoms with van der Waals surface area (Å²) in [5, 5.41) is 4.77. The predicted molar refractivity (Wildman–Crippen MR) is 90.2 cm³/mol. The largest absolute Gasteiger partial charge is 0.278 e. The van der Waals surface area contributed by atoms with Gasteiger partial charge in [-0.2, -0.15) is 17.9 Å². The van der Waals surface area contributed by atoms with Crippen molar-refractivity contribution in [3.63, 3.8) is 0 Å². The van der Waals surface area contributed by atoms with Crippen molar-refractivity contribution in [1.29, 1.82) is 0 Å². The molecule has 0 aromatic heterocycles. The fraction of sp³-hybridized carbons (Fsp3) is 0.133. The maximum atomic E-state index is 12.4. The summed E-state index contributed by atoms with van der Waals surface area (Å²) in [5.74, 6) is 0. The van der Waals surface area contributed by atoms with Crippen molar-refractivity contribution in [2.45, 2.75) is 11.8 Å². The average Bonchev–Trinajstić information content (AvgIpc) is 2.48. The van der Waals surface area contributed by atoms with Gasteiger partial charge in [-0.05, 0) is 36.8 Å². The van der Waals surface area contributed by atoms with E-state index < -0.39 is 10.0 Å². The number of rotatable bonds is 4. The SMILES string of the molecule is Cc1ccc(S(=O)(=O)N(C)/N=C/c2ccc(Cl)c(Cl)c2)cc1. The van der Waals surface area contributed by atoms with Crippen molar-refractivity contribution in [2.24, 2.45) is 5.10 Å². The van der Waals surface area contributed by atoms with Crippen LogP contribution >= 0.6 is 23.2 Å². The van der Waals surface area contributed by atoms with Crippen LogP contribution in [0.1, 0.15) is 11.1 Å². The highest BCUT2D eigenvalue weighted by Crippen LogP contribution is 2.22. The quantitative estimate of drug-likeness (QED) is 0.614. The Morgan fingerprint density at radius 1 is 1.05 bits per heavy atom. The van der Waals surface area contributed by atoms with Crippen molar-refractivity contribution < 1.29 is 8.42 Å². The number of halogens is 2. The monoisotopic (exact) mass is 356 g/mol. The molecular weight excluding hydrogens is 343 g/mol. The Morgan fingerprint density at radius 2 is 1.68 bits per heavy atom. The molecule has 116 valence electrons. The first-order chi connectivity index (χ1) is 10.3. The summed E-state index contributed by atoms with van der Waals surface area (Å²) >= 11 is 11.7. The van der Waals surface area contributed by atoms with Crippen LogP contribution in [0.2, 0.25) is 10.0 Å². The summed E-state index contributed by atoms with van der Waals surface area (Å²) in [5.41, 5.74) is 1.64. The van der Waals surface area contributed by atoms with Gasteiger partial charge in [-0.1, -0.05) is 47.0 Å². The summed E-state index contributed by atoms with van der Waals surface area (Å²) in [6, 6.07) is 11.5. The molecule has 0 spiro atoms. The van der Waals surface area contributed by atoms with E-state index in [-0.39, 0.29) is 4.90 Å². The van der Waals surface area contributed by atoms with E-state index in [9.17, 15) is 8.42 Å². The van der Waals surface area contributed by atoms with Crippen LogP contribution in [0, 0.1) is 6.92 Å². The Labute approximate surface area is 140 Å². The maximum absolute atomic E-state index is 12.4. The highest BCUT2D eigenvalue weighted by atomic mass is 35.5. The van der Waals surface area contributed by atoms with Crippen LogP contribution in [-0.2, 0) is 10.0 Å². The molecule has 0 aliphatic heterocycles. The molecular formula is C15H14Cl2N2O2S. The van der Waals surface area contributed by atoms with Crippen molar-refractivity contribution in [1.82, 2.24) is 4.41 Å². The van der Waals surface area contributed by atoms with Crippen LogP contribution < -0.4 is 0 Å². The minimum absolute atomic E-state index is 0.187. The first-order valence-electron chi connectivity index (χ1n) is 6.35. The van der Waals surface area contributed by atoms with Crippen LogP contribution in [-0.4, -0.2) is 26.1 Å². The number of hydrazone groups is 1. The van der Waals surface area contributed by atoms with Crippen molar-refractivity contribution >= 4 is 39.4 Å². The molecule has 0 amide bonds. The summed E-state index contributed by atoms with van der Waals surface area (Å²) < 4.78 is 25.6.